The third-order valence-corrected chi connectivity index (χ3v) is 5.58. The van der Waals surface area contributed by atoms with Crippen molar-refractivity contribution in [2.75, 3.05) is 19.0 Å². The van der Waals surface area contributed by atoms with Crippen molar-refractivity contribution in [2.45, 2.75) is 52.2 Å². The number of nitro groups is 1. The molecule has 1 amide bonds. The summed E-state index contributed by atoms with van der Waals surface area (Å²) in [5.74, 6) is -0.214. The average molecular weight is 391 g/mol. The molecule has 0 spiro atoms. The molecule has 1 fully saturated rings. The van der Waals surface area contributed by atoms with Gasteiger partial charge in [0.05, 0.1) is 10.5 Å². The number of rotatable bonds is 6. The largest absolute Gasteiger partial charge is 0.449 e. The molecule has 1 aliphatic carbocycles. The van der Waals surface area contributed by atoms with E-state index < -0.39 is 17.0 Å². The fourth-order valence-corrected chi connectivity index (χ4v) is 3.54. The van der Waals surface area contributed by atoms with E-state index in [2.05, 4.69) is 19.2 Å². The third-order valence-electron chi connectivity index (χ3n) is 5.58. The molecule has 0 bridgehead atoms. The molecule has 1 N–H and O–H groups in total. The molecule has 0 aromatic heterocycles. The van der Waals surface area contributed by atoms with Crippen LogP contribution in [0, 0.1) is 22.0 Å². The second-order valence-corrected chi connectivity index (χ2v) is 7.78. The van der Waals surface area contributed by atoms with Crippen LogP contribution in [0.5, 0.6) is 0 Å². The maximum Gasteiger partial charge on any atom is 0.339 e. The molecule has 4 atom stereocenters. The molecule has 8 nitrogen and oxygen atoms in total. The Balaban J connectivity index is 2.04. The minimum Gasteiger partial charge on any atom is -0.449 e. The summed E-state index contributed by atoms with van der Waals surface area (Å²) in [7, 11) is 3.36. The van der Waals surface area contributed by atoms with Gasteiger partial charge in [-0.3, -0.25) is 14.9 Å². The quantitative estimate of drug-likeness (QED) is 0.454. The van der Waals surface area contributed by atoms with Gasteiger partial charge in [0.2, 0.25) is 0 Å². The van der Waals surface area contributed by atoms with Crippen molar-refractivity contribution in [1.29, 1.82) is 0 Å². The molecule has 0 heterocycles. The van der Waals surface area contributed by atoms with E-state index in [1.54, 1.807) is 19.0 Å². The normalized spacial score (nSPS) is 22.8. The lowest BCUT2D eigenvalue weighted by Crippen LogP contribution is -2.47. The number of ether oxygens (including phenoxy) is 1. The molecule has 0 saturated heterocycles. The fourth-order valence-electron chi connectivity index (χ4n) is 3.54. The molecule has 8 heteroatoms. The Morgan fingerprint density at radius 2 is 1.96 bits per heavy atom. The van der Waals surface area contributed by atoms with E-state index in [1.807, 2.05) is 0 Å². The summed E-state index contributed by atoms with van der Waals surface area (Å²) in [6.45, 7) is 5.81. The van der Waals surface area contributed by atoms with Crippen molar-refractivity contribution in [1.82, 2.24) is 5.32 Å². The third kappa shape index (κ3) is 4.99. The van der Waals surface area contributed by atoms with Crippen LogP contribution in [0.25, 0.3) is 0 Å². The lowest BCUT2D eigenvalue weighted by atomic mass is 9.78. The second-order valence-electron chi connectivity index (χ2n) is 7.78. The Labute approximate surface area is 165 Å². The highest BCUT2D eigenvalue weighted by molar-refractivity contribution is 5.93. The van der Waals surface area contributed by atoms with Gasteiger partial charge in [0, 0.05) is 26.2 Å². The molecule has 1 saturated carbocycles. The molecule has 0 aliphatic heterocycles. The van der Waals surface area contributed by atoms with Crippen molar-refractivity contribution in [3.63, 3.8) is 0 Å². The zero-order valence-electron chi connectivity index (χ0n) is 17.1. The maximum absolute atomic E-state index is 12.4. The summed E-state index contributed by atoms with van der Waals surface area (Å²) in [5.41, 5.74) is 0.228. The van der Waals surface area contributed by atoms with Crippen LogP contribution < -0.4 is 10.2 Å². The van der Waals surface area contributed by atoms with E-state index in [1.165, 1.54) is 25.1 Å². The SMILES string of the molecule is C[C@@H]1[C@H](C)CCC[C@H]1NC(=O)[C@@H](C)OC(=O)c1ccc(N(C)C)c([N+](=O)[O-])c1. The van der Waals surface area contributed by atoms with Crippen molar-refractivity contribution in [3.8, 4) is 0 Å². The van der Waals surface area contributed by atoms with Gasteiger partial charge in [-0.2, -0.15) is 0 Å². The molecule has 154 valence electrons. The highest BCUT2D eigenvalue weighted by Crippen LogP contribution is 2.30. The van der Waals surface area contributed by atoms with E-state index in [-0.39, 0.29) is 23.2 Å². The number of hydrogen-bond donors (Lipinski definition) is 1. The van der Waals surface area contributed by atoms with Crippen molar-refractivity contribution >= 4 is 23.3 Å². The number of esters is 1. The van der Waals surface area contributed by atoms with Crippen LogP contribution in [0.4, 0.5) is 11.4 Å². The average Bonchev–Trinajstić information content (AvgIpc) is 2.64. The number of nitro benzene ring substituents is 1. The first-order valence-corrected chi connectivity index (χ1v) is 9.59. The Morgan fingerprint density at radius 1 is 1.29 bits per heavy atom. The zero-order valence-corrected chi connectivity index (χ0v) is 17.1. The molecule has 28 heavy (non-hydrogen) atoms. The molecule has 1 aliphatic rings. The van der Waals surface area contributed by atoms with Crippen LogP contribution in [0.3, 0.4) is 0 Å². The van der Waals surface area contributed by atoms with Crippen molar-refractivity contribution in [2.24, 2.45) is 11.8 Å². The molecular formula is C20H29N3O5. The second kappa shape index (κ2) is 9.03. The minimum absolute atomic E-state index is 0.0385. The number of nitrogens with one attached hydrogen (secondary N) is 1. The molecule has 1 aromatic carbocycles. The Hall–Kier alpha value is -2.64. The monoisotopic (exact) mass is 391 g/mol. The van der Waals surface area contributed by atoms with E-state index in [4.69, 9.17) is 4.74 Å². The predicted octanol–water partition coefficient (Wildman–Crippen LogP) is 3.15. The number of benzene rings is 1. The van der Waals surface area contributed by atoms with Gasteiger partial charge in [0.15, 0.2) is 6.10 Å². The topological polar surface area (TPSA) is 102 Å². The highest BCUT2D eigenvalue weighted by atomic mass is 16.6. The van der Waals surface area contributed by atoms with Crippen LogP contribution in [0.2, 0.25) is 0 Å². The van der Waals surface area contributed by atoms with Crippen LogP contribution in [-0.4, -0.2) is 43.0 Å². The van der Waals surface area contributed by atoms with Gasteiger partial charge in [-0.25, -0.2) is 4.79 Å². The highest BCUT2D eigenvalue weighted by Gasteiger charge is 2.30. The molecule has 2 rings (SSSR count). The number of amides is 1. The molecular weight excluding hydrogens is 362 g/mol. The van der Waals surface area contributed by atoms with Crippen LogP contribution in [0.15, 0.2) is 18.2 Å². The Morgan fingerprint density at radius 3 is 2.57 bits per heavy atom. The van der Waals surface area contributed by atoms with E-state index in [9.17, 15) is 19.7 Å². The fraction of sp³-hybridized carbons (Fsp3) is 0.600. The maximum atomic E-state index is 12.4. The van der Waals surface area contributed by atoms with E-state index in [0.717, 1.165) is 19.3 Å². The smallest absolute Gasteiger partial charge is 0.339 e. The first kappa shape index (κ1) is 21.7. The standard InChI is InChI=1S/C20H29N3O5/c1-12-7-6-8-16(13(12)2)21-19(24)14(3)28-20(25)15-9-10-17(22(4)5)18(11-15)23(26)27/h9-14,16H,6-8H2,1-5H3,(H,21,24)/t12-,13-,14-,16-/m1/s1. The first-order valence-electron chi connectivity index (χ1n) is 9.59. The summed E-state index contributed by atoms with van der Waals surface area (Å²) < 4.78 is 5.25. The van der Waals surface area contributed by atoms with Crippen LogP contribution in [-0.2, 0) is 9.53 Å². The van der Waals surface area contributed by atoms with Gasteiger partial charge < -0.3 is 15.0 Å². The Bertz CT molecular complexity index is 749. The van der Waals surface area contributed by atoms with E-state index >= 15 is 0 Å². The van der Waals surface area contributed by atoms with Crippen molar-refractivity contribution in [3.05, 3.63) is 33.9 Å². The lowest BCUT2D eigenvalue weighted by Gasteiger charge is -2.35. The van der Waals surface area contributed by atoms with Gasteiger partial charge in [0.1, 0.15) is 5.69 Å². The number of hydrogen-bond acceptors (Lipinski definition) is 6. The van der Waals surface area contributed by atoms with Gasteiger partial charge in [-0.1, -0.05) is 26.7 Å². The van der Waals surface area contributed by atoms with Gasteiger partial charge >= 0.3 is 5.97 Å². The molecule has 0 radical (unpaired) electrons. The number of anilines is 1. The number of carbonyl (C=O) groups is 2. The van der Waals surface area contributed by atoms with Crippen LogP contribution >= 0.6 is 0 Å². The van der Waals surface area contributed by atoms with Gasteiger partial charge in [-0.05, 0) is 37.3 Å². The van der Waals surface area contributed by atoms with Gasteiger partial charge in [-0.15, -0.1) is 0 Å². The summed E-state index contributed by atoms with van der Waals surface area (Å²) in [6, 6.07) is 4.19. The lowest BCUT2D eigenvalue weighted by molar-refractivity contribution is -0.384. The molecule has 0 unspecified atom stereocenters. The number of nitrogens with zero attached hydrogens (tertiary/aromatic N) is 2. The summed E-state index contributed by atoms with van der Waals surface area (Å²) >= 11 is 0. The van der Waals surface area contributed by atoms with E-state index in [0.29, 0.717) is 17.5 Å². The zero-order chi connectivity index (χ0) is 21.0. The predicted molar refractivity (Wildman–Crippen MR) is 106 cm³/mol. The first-order chi connectivity index (χ1) is 13.1. The van der Waals surface area contributed by atoms with Crippen LogP contribution in [0.1, 0.15) is 50.4 Å². The summed E-state index contributed by atoms with van der Waals surface area (Å²) in [6.07, 6.45) is 2.15. The Kier molecular flexibility index (Phi) is 6.99. The summed E-state index contributed by atoms with van der Waals surface area (Å²) in [4.78, 5) is 37.1. The van der Waals surface area contributed by atoms with Crippen molar-refractivity contribution < 1.29 is 19.2 Å². The summed E-state index contributed by atoms with van der Waals surface area (Å²) in [5, 5.41) is 14.3. The minimum atomic E-state index is -0.982. The number of carbonyl (C=O) groups excluding carboxylic acids is 2. The molecule has 1 aromatic rings. The van der Waals surface area contributed by atoms with Gasteiger partial charge in [0.25, 0.3) is 11.6 Å².